The Bertz CT molecular complexity index is 673. The molecule has 0 atom stereocenters. The molecule has 1 fully saturated rings. The summed E-state index contributed by atoms with van der Waals surface area (Å²) in [4.78, 5) is 16.6. The fraction of sp³-hybridized carbons (Fsp3) is 0.375. The molecular formula is C16H16F3N3O. The van der Waals surface area contributed by atoms with Crippen LogP contribution in [0.3, 0.4) is 0 Å². The molecule has 0 aromatic heterocycles. The summed E-state index contributed by atoms with van der Waals surface area (Å²) in [6.45, 7) is 1.45. The van der Waals surface area contributed by atoms with Crippen LogP contribution in [-0.4, -0.2) is 30.4 Å². The second kappa shape index (κ2) is 5.81. The van der Waals surface area contributed by atoms with Crippen LogP contribution in [0.5, 0.6) is 0 Å². The number of nitrogens with zero attached hydrogens (tertiary/aromatic N) is 1. The summed E-state index contributed by atoms with van der Waals surface area (Å²) in [5, 5.41) is 5.88. The molecule has 1 amide bonds. The van der Waals surface area contributed by atoms with Gasteiger partial charge in [0, 0.05) is 0 Å². The highest BCUT2D eigenvalue weighted by molar-refractivity contribution is 6.13. The predicted octanol–water partition coefficient (Wildman–Crippen LogP) is 2.37. The van der Waals surface area contributed by atoms with Crippen LogP contribution in [0.4, 0.5) is 13.2 Å². The van der Waals surface area contributed by atoms with Crippen molar-refractivity contribution in [2.75, 3.05) is 13.1 Å². The summed E-state index contributed by atoms with van der Waals surface area (Å²) in [7, 11) is 0. The van der Waals surface area contributed by atoms with Gasteiger partial charge in [-0.2, -0.15) is 13.2 Å². The molecule has 0 aliphatic carbocycles. The lowest BCUT2D eigenvalue weighted by atomic mass is 9.89. The fourth-order valence-electron chi connectivity index (χ4n) is 2.79. The molecular weight excluding hydrogens is 307 g/mol. The molecule has 0 unspecified atom stereocenters. The number of carbonyl (C=O) groups excluding carboxylic acids is 1. The van der Waals surface area contributed by atoms with E-state index >= 15 is 0 Å². The summed E-state index contributed by atoms with van der Waals surface area (Å²) in [5.41, 5.74) is -1.02. The number of amidine groups is 1. The van der Waals surface area contributed by atoms with Crippen molar-refractivity contribution in [3.05, 3.63) is 41.5 Å². The quantitative estimate of drug-likeness (QED) is 0.878. The maximum absolute atomic E-state index is 12.7. The number of hydrogen-bond acceptors (Lipinski definition) is 3. The number of piperidine rings is 1. The first-order valence-electron chi connectivity index (χ1n) is 7.36. The van der Waals surface area contributed by atoms with Crippen LogP contribution in [-0.2, 0) is 11.0 Å². The normalized spacial score (nSPS) is 20.8. The molecule has 4 nitrogen and oxygen atoms in total. The minimum atomic E-state index is -4.37. The van der Waals surface area contributed by atoms with Crippen molar-refractivity contribution in [1.29, 1.82) is 0 Å². The van der Waals surface area contributed by atoms with Crippen molar-refractivity contribution in [3.8, 4) is 0 Å². The minimum Gasteiger partial charge on any atom is -0.317 e. The molecule has 1 saturated heterocycles. The molecule has 0 saturated carbocycles. The number of carbonyl (C=O) groups is 1. The van der Waals surface area contributed by atoms with Crippen molar-refractivity contribution >= 4 is 17.8 Å². The van der Waals surface area contributed by atoms with Gasteiger partial charge in [-0.3, -0.25) is 9.79 Å². The molecule has 23 heavy (non-hydrogen) atoms. The molecule has 3 rings (SSSR count). The molecule has 0 bridgehead atoms. The lowest BCUT2D eigenvalue weighted by Gasteiger charge is -2.27. The van der Waals surface area contributed by atoms with Gasteiger partial charge in [0.05, 0.1) is 5.56 Å². The summed E-state index contributed by atoms with van der Waals surface area (Å²) in [6.07, 6.45) is -0.0554. The second-order valence-electron chi connectivity index (χ2n) is 5.69. The Morgan fingerprint density at radius 1 is 1.17 bits per heavy atom. The third kappa shape index (κ3) is 3.29. The summed E-state index contributed by atoms with van der Waals surface area (Å²) >= 11 is 0. The SMILES string of the molecule is O=C1NC(C=Cc2cccc(C(F)(F)F)c2)=NC12CCNCC2. The van der Waals surface area contributed by atoms with Gasteiger partial charge in [-0.25, -0.2) is 0 Å². The van der Waals surface area contributed by atoms with Gasteiger partial charge in [0.1, 0.15) is 11.4 Å². The van der Waals surface area contributed by atoms with E-state index in [9.17, 15) is 18.0 Å². The smallest absolute Gasteiger partial charge is 0.317 e. The van der Waals surface area contributed by atoms with Crippen LogP contribution in [0, 0.1) is 0 Å². The van der Waals surface area contributed by atoms with Crippen LogP contribution in [0.2, 0.25) is 0 Å². The number of halogens is 3. The number of nitrogens with one attached hydrogen (secondary N) is 2. The number of rotatable bonds is 2. The number of aliphatic imine (C=N–C) groups is 1. The van der Waals surface area contributed by atoms with E-state index in [0.29, 0.717) is 24.2 Å². The number of amides is 1. The van der Waals surface area contributed by atoms with Gasteiger partial charge < -0.3 is 10.6 Å². The van der Waals surface area contributed by atoms with Gasteiger partial charge in [-0.1, -0.05) is 18.2 Å². The van der Waals surface area contributed by atoms with E-state index in [1.807, 2.05) is 0 Å². The van der Waals surface area contributed by atoms with Crippen molar-refractivity contribution in [1.82, 2.24) is 10.6 Å². The largest absolute Gasteiger partial charge is 0.416 e. The van der Waals surface area contributed by atoms with E-state index in [1.54, 1.807) is 12.1 Å². The van der Waals surface area contributed by atoms with Crippen LogP contribution in [0.25, 0.3) is 6.08 Å². The van der Waals surface area contributed by atoms with E-state index < -0.39 is 17.3 Å². The van der Waals surface area contributed by atoms with Gasteiger partial charge >= 0.3 is 6.18 Å². The minimum absolute atomic E-state index is 0.136. The average Bonchev–Trinajstić information content (AvgIpc) is 2.81. The van der Waals surface area contributed by atoms with Gasteiger partial charge in [0.15, 0.2) is 0 Å². The lowest BCUT2D eigenvalue weighted by Crippen LogP contribution is -2.47. The van der Waals surface area contributed by atoms with Crippen LogP contribution in [0.15, 0.2) is 35.3 Å². The van der Waals surface area contributed by atoms with E-state index in [0.717, 1.165) is 25.2 Å². The zero-order valence-electron chi connectivity index (χ0n) is 12.3. The van der Waals surface area contributed by atoms with E-state index in [2.05, 4.69) is 15.6 Å². The van der Waals surface area contributed by atoms with Gasteiger partial charge in [-0.15, -0.1) is 0 Å². The van der Waals surface area contributed by atoms with E-state index in [4.69, 9.17) is 0 Å². The fourth-order valence-corrected chi connectivity index (χ4v) is 2.79. The molecule has 0 radical (unpaired) electrons. The van der Waals surface area contributed by atoms with E-state index in [-0.39, 0.29) is 5.91 Å². The Labute approximate surface area is 131 Å². The Hall–Kier alpha value is -2.15. The first-order valence-corrected chi connectivity index (χ1v) is 7.36. The maximum Gasteiger partial charge on any atom is 0.416 e. The molecule has 122 valence electrons. The Morgan fingerprint density at radius 3 is 2.61 bits per heavy atom. The molecule has 1 spiro atoms. The van der Waals surface area contributed by atoms with Crippen LogP contribution >= 0.6 is 0 Å². The van der Waals surface area contributed by atoms with Crippen LogP contribution in [0.1, 0.15) is 24.0 Å². The molecule has 2 aliphatic heterocycles. The Kier molecular flexibility index (Phi) is 3.97. The number of alkyl halides is 3. The standard InChI is InChI=1S/C16H16F3N3O/c17-16(18,19)12-3-1-2-11(10-12)4-5-13-21-14(23)15(22-13)6-8-20-9-7-15/h1-5,10,20H,6-9H2,(H,21,22,23). The monoisotopic (exact) mass is 323 g/mol. The third-order valence-corrected chi connectivity index (χ3v) is 4.08. The zero-order valence-corrected chi connectivity index (χ0v) is 12.3. The number of benzene rings is 1. The second-order valence-corrected chi connectivity index (χ2v) is 5.69. The Morgan fingerprint density at radius 2 is 1.91 bits per heavy atom. The molecule has 7 heteroatoms. The number of hydrogen-bond donors (Lipinski definition) is 2. The summed E-state index contributed by atoms with van der Waals surface area (Å²) < 4.78 is 38.1. The van der Waals surface area contributed by atoms with Crippen LogP contribution < -0.4 is 10.6 Å². The lowest BCUT2D eigenvalue weighted by molar-refractivity contribution is -0.137. The predicted molar refractivity (Wildman–Crippen MR) is 80.9 cm³/mol. The summed E-state index contributed by atoms with van der Waals surface area (Å²) in [6, 6.07) is 5.01. The highest BCUT2D eigenvalue weighted by atomic mass is 19.4. The molecule has 2 N–H and O–H groups in total. The van der Waals surface area contributed by atoms with Crippen molar-refractivity contribution < 1.29 is 18.0 Å². The van der Waals surface area contributed by atoms with Crippen molar-refractivity contribution in [2.45, 2.75) is 24.6 Å². The van der Waals surface area contributed by atoms with Crippen molar-refractivity contribution in [3.63, 3.8) is 0 Å². The Balaban J connectivity index is 1.78. The van der Waals surface area contributed by atoms with Gasteiger partial charge in [-0.05, 0) is 49.7 Å². The van der Waals surface area contributed by atoms with Crippen molar-refractivity contribution in [2.24, 2.45) is 4.99 Å². The zero-order chi connectivity index (χ0) is 16.5. The average molecular weight is 323 g/mol. The molecule has 2 aliphatic rings. The molecule has 1 aromatic rings. The van der Waals surface area contributed by atoms with Gasteiger partial charge in [0.25, 0.3) is 5.91 Å². The topological polar surface area (TPSA) is 53.5 Å². The first-order chi connectivity index (χ1) is 10.9. The highest BCUT2D eigenvalue weighted by Crippen LogP contribution is 2.30. The summed E-state index contributed by atoms with van der Waals surface area (Å²) in [5.74, 6) is 0.261. The maximum atomic E-state index is 12.7. The first kappa shape index (κ1) is 15.7. The van der Waals surface area contributed by atoms with E-state index in [1.165, 1.54) is 12.1 Å². The molecule has 2 heterocycles. The third-order valence-electron chi connectivity index (χ3n) is 4.08. The molecule has 1 aromatic carbocycles. The highest BCUT2D eigenvalue weighted by Gasteiger charge is 2.43. The van der Waals surface area contributed by atoms with Gasteiger partial charge in [0.2, 0.25) is 0 Å².